The Hall–Kier alpha value is -7.45. The Kier molecular flexibility index (Phi) is 8.89. The average molecular weight is 684 g/mol. The van der Waals surface area contributed by atoms with Gasteiger partial charge in [-0.1, -0.05) is 11.6 Å². The smallest absolute Gasteiger partial charge is 0.258 e. The Morgan fingerprint density at radius 3 is 1.09 bits per heavy atom. The SMILES string of the molecule is O=[N+]([O-])c1cc([N+](=O)[O-])c(Cc2c([N+](=O)[O-])cc([N+](=O)[O-])c(-c3c([N+](=O)[O-])cc([N+](=O)[O-])c(Cl)c3[N+](=O)[O-])c2[N+](=O)[O-])c([N+](=O)[O-])c1. The molecule has 0 aliphatic carbocycles. The summed E-state index contributed by atoms with van der Waals surface area (Å²) in [5.74, 6) is 0. The molecular formula is C19H6ClN9O18. The molecule has 0 fully saturated rings. The number of non-ortho nitro benzene ring substituents is 1. The van der Waals surface area contributed by atoms with Crippen LogP contribution in [0.3, 0.4) is 0 Å². The molecule has 0 unspecified atom stereocenters. The van der Waals surface area contributed by atoms with Gasteiger partial charge < -0.3 is 0 Å². The van der Waals surface area contributed by atoms with Crippen molar-refractivity contribution in [2.45, 2.75) is 6.42 Å². The van der Waals surface area contributed by atoms with E-state index in [-0.39, 0.29) is 24.3 Å². The van der Waals surface area contributed by atoms with Crippen LogP contribution in [0.1, 0.15) is 11.1 Å². The van der Waals surface area contributed by atoms with Gasteiger partial charge in [0, 0.05) is 6.42 Å². The van der Waals surface area contributed by atoms with E-state index in [1.807, 2.05) is 0 Å². The summed E-state index contributed by atoms with van der Waals surface area (Å²) in [6.45, 7) is 0. The molecule has 0 saturated carbocycles. The van der Waals surface area contributed by atoms with Crippen LogP contribution in [0, 0.1) is 91.0 Å². The third-order valence-electron chi connectivity index (χ3n) is 6.11. The molecule has 28 heteroatoms. The van der Waals surface area contributed by atoms with Crippen molar-refractivity contribution in [2.24, 2.45) is 0 Å². The second kappa shape index (κ2) is 12.3. The minimum absolute atomic E-state index is 0.0643. The van der Waals surface area contributed by atoms with Gasteiger partial charge in [0.15, 0.2) is 16.1 Å². The first-order valence-corrected chi connectivity index (χ1v) is 11.6. The Bertz CT molecular complexity index is 2010. The number of nitro groups is 9. The van der Waals surface area contributed by atoms with Crippen molar-refractivity contribution in [3.05, 3.63) is 131 Å². The third-order valence-corrected chi connectivity index (χ3v) is 6.48. The number of hydrogen-bond donors (Lipinski definition) is 0. The molecule has 0 amide bonds. The zero-order chi connectivity index (χ0) is 35.8. The Balaban J connectivity index is 2.77. The van der Waals surface area contributed by atoms with Gasteiger partial charge in [0.25, 0.3) is 39.8 Å². The minimum atomic E-state index is -1.98. The van der Waals surface area contributed by atoms with E-state index in [1.165, 1.54) is 0 Å². The lowest BCUT2D eigenvalue weighted by Crippen LogP contribution is -2.11. The van der Waals surface area contributed by atoms with Gasteiger partial charge in [-0.3, -0.25) is 91.0 Å². The fraction of sp³-hybridized carbons (Fsp3) is 0.0526. The van der Waals surface area contributed by atoms with Crippen LogP contribution in [0.15, 0.2) is 24.3 Å². The molecule has 0 atom stereocenters. The average Bonchev–Trinajstić information content (AvgIpc) is 2.94. The molecule has 0 aliphatic heterocycles. The first kappa shape index (κ1) is 34.0. The second-order valence-electron chi connectivity index (χ2n) is 8.52. The maximum atomic E-state index is 12.5. The molecule has 0 saturated heterocycles. The summed E-state index contributed by atoms with van der Waals surface area (Å²) < 4.78 is 0. The van der Waals surface area contributed by atoms with Gasteiger partial charge in [-0.15, -0.1) is 0 Å². The molecule has 0 N–H and O–H groups in total. The lowest BCUT2D eigenvalue weighted by atomic mass is 9.90. The summed E-state index contributed by atoms with van der Waals surface area (Å²) in [7, 11) is 0. The van der Waals surface area contributed by atoms with E-state index in [4.69, 9.17) is 11.6 Å². The van der Waals surface area contributed by atoms with Gasteiger partial charge in [-0.25, -0.2) is 0 Å². The van der Waals surface area contributed by atoms with E-state index in [0.717, 1.165) is 0 Å². The zero-order valence-corrected chi connectivity index (χ0v) is 22.5. The van der Waals surface area contributed by atoms with Crippen LogP contribution in [-0.2, 0) is 6.42 Å². The maximum Gasteiger partial charge on any atom is 0.310 e. The summed E-state index contributed by atoms with van der Waals surface area (Å²) in [5.41, 5.74) is -21.3. The topological polar surface area (TPSA) is 388 Å². The van der Waals surface area contributed by atoms with E-state index >= 15 is 0 Å². The quantitative estimate of drug-likeness (QED) is 0.183. The van der Waals surface area contributed by atoms with Gasteiger partial charge in [-0.2, -0.15) is 0 Å². The Morgan fingerprint density at radius 1 is 0.404 bits per heavy atom. The van der Waals surface area contributed by atoms with Gasteiger partial charge in [0.2, 0.25) is 0 Å². The molecule has 3 aromatic carbocycles. The first-order valence-electron chi connectivity index (χ1n) is 11.3. The molecule has 3 rings (SSSR count). The summed E-state index contributed by atoms with van der Waals surface area (Å²) >= 11 is 5.74. The highest BCUT2D eigenvalue weighted by Crippen LogP contribution is 2.55. The van der Waals surface area contributed by atoms with Gasteiger partial charge in [0.1, 0.15) is 11.1 Å². The Morgan fingerprint density at radius 2 is 0.745 bits per heavy atom. The highest BCUT2D eigenvalue weighted by Gasteiger charge is 2.47. The van der Waals surface area contributed by atoms with E-state index in [2.05, 4.69) is 0 Å². The number of nitro benzene ring substituents is 9. The monoisotopic (exact) mass is 683 g/mol. The van der Waals surface area contributed by atoms with Gasteiger partial charge >= 0.3 is 11.4 Å². The van der Waals surface area contributed by atoms with Crippen LogP contribution in [0.2, 0.25) is 5.02 Å². The summed E-state index contributed by atoms with van der Waals surface area (Å²) in [4.78, 5) is 92.9. The van der Waals surface area contributed by atoms with Crippen LogP contribution in [-0.4, -0.2) is 44.3 Å². The molecule has 242 valence electrons. The van der Waals surface area contributed by atoms with Crippen molar-refractivity contribution in [2.75, 3.05) is 0 Å². The van der Waals surface area contributed by atoms with E-state index in [1.54, 1.807) is 0 Å². The number of nitrogens with zero attached hydrogens (tertiary/aromatic N) is 9. The largest absolute Gasteiger partial charge is 0.310 e. The fourth-order valence-corrected chi connectivity index (χ4v) is 4.63. The molecular weight excluding hydrogens is 678 g/mol. The van der Waals surface area contributed by atoms with E-state index < -0.39 is 129 Å². The number of benzene rings is 3. The molecule has 0 spiro atoms. The summed E-state index contributed by atoms with van der Waals surface area (Å²) in [6.07, 6.45) is -1.69. The number of rotatable bonds is 12. The third kappa shape index (κ3) is 6.01. The van der Waals surface area contributed by atoms with Crippen molar-refractivity contribution in [1.82, 2.24) is 0 Å². The van der Waals surface area contributed by atoms with Crippen LogP contribution in [0.5, 0.6) is 0 Å². The maximum absolute atomic E-state index is 12.5. The van der Waals surface area contributed by atoms with Crippen LogP contribution in [0.4, 0.5) is 51.2 Å². The second-order valence-corrected chi connectivity index (χ2v) is 8.90. The van der Waals surface area contributed by atoms with E-state index in [9.17, 15) is 91.0 Å². The highest BCUT2D eigenvalue weighted by molar-refractivity contribution is 6.36. The van der Waals surface area contributed by atoms with E-state index in [0.29, 0.717) is 0 Å². The molecule has 0 heterocycles. The number of halogens is 1. The zero-order valence-electron chi connectivity index (χ0n) is 21.8. The summed E-state index contributed by atoms with van der Waals surface area (Å²) in [6, 6.07) is 0.0882. The molecule has 0 aromatic heterocycles. The molecule has 0 bridgehead atoms. The van der Waals surface area contributed by atoms with Gasteiger partial charge in [0.05, 0.1) is 68.6 Å². The highest BCUT2D eigenvalue weighted by atomic mass is 35.5. The summed E-state index contributed by atoms with van der Waals surface area (Å²) in [5, 5.41) is 105. The fourth-order valence-electron chi connectivity index (χ4n) is 4.34. The van der Waals surface area contributed by atoms with Crippen LogP contribution >= 0.6 is 11.6 Å². The molecule has 0 radical (unpaired) electrons. The predicted molar refractivity (Wildman–Crippen MR) is 146 cm³/mol. The van der Waals surface area contributed by atoms with Crippen LogP contribution in [0.25, 0.3) is 11.1 Å². The van der Waals surface area contributed by atoms with Crippen molar-refractivity contribution in [1.29, 1.82) is 0 Å². The number of hydrogen-bond acceptors (Lipinski definition) is 18. The predicted octanol–water partition coefficient (Wildman–Crippen LogP) is 4.77. The molecule has 27 nitrogen and oxygen atoms in total. The molecule has 0 aliphatic rings. The standard InChI is InChI=1S/C19H6ClN9O18/c20-17-14(27(42)43)5-13(26(40)41)16(19(17)29(46)47)15-12(25(38)39)4-11(24(36)37)8(18(15)28(44)45)3-7-9(22(32)33)1-6(21(30)31)2-10(7)23(34)35/h1-2,4-5H,3H2. The van der Waals surface area contributed by atoms with Crippen molar-refractivity contribution >= 4 is 62.8 Å². The van der Waals surface area contributed by atoms with Crippen molar-refractivity contribution < 1.29 is 44.3 Å². The van der Waals surface area contributed by atoms with Crippen molar-refractivity contribution in [3.8, 4) is 11.1 Å². The Labute approximate surface area is 256 Å². The lowest BCUT2D eigenvalue weighted by molar-refractivity contribution is -0.406. The first-order chi connectivity index (χ1) is 21.7. The molecule has 3 aromatic rings. The van der Waals surface area contributed by atoms with Crippen molar-refractivity contribution in [3.63, 3.8) is 0 Å². The van der Waals surface area contributed by atoms with Crippen LogP contribution < -0.4 is 0 Å². The normalized spacial score (nSPS) is 10.6. The minimum Gasteiger partial charge on any atom is -0.258 e. The molecule has 47 heavy (non-hydrogen) atoms. The van der Waals surface area contributed by atoms with Gasteiger partial charge in [-0.05, 0) is 0 Å². The lowest BCUT2D eigenvalue weighted by Gasteiger charge is -2.12.